The number of nitrogens with zero attached hydrogens (tertiary/aromatic N) is 3. The highest BCUT2D eigenvalue weighted by atomic mass is 16.5. The van der Waals surface area contributed by atoms with Crippen LogP contribution in [0.25, 0.3) is 11.4 Å². The lowest BCUT2D eigenvalue weighted by atomic mass is 10.0. The minimum absolute atomic E-state index is 0.318. The Labute approximate surface area is 197 Å². The van der Waals surface area contributed by atoms with Gasteiger partial charge in [0.15, 0.2) is 0 Å². The average Bonchev–Trinajstić information content (AvgIpc) is 3.55. The van der Waals surface area contributed by atoms with Crippen molar-refractivity contribution in [2.75, 3.05) is 18.4 Å². The van der Waals surface area contributed by atoms with Gasteiger partial charge in [-0.2, -0.15) is 4.98 Å². The lowest BCUT2D eigenvalue weighted by molar-refractivity contribution is 0.359. The van der Waals surface area contributed by atoms with Crippen LogP contribution in [0.5, 0.6) is 0 Å². The van der Waals surface area contributed by atoms with Crippen molar-refractivity contribution in [2.45, 2.75) is 77.0 Å². The molecule has 3 heterocycles. The van der Waals surface area contributed by atoms with E-state index >= 15 is 0 Å². The van der Waals surface area contributed by atoms with Gasteiger partial charge in [-0.1, -0.05) is 69.2 Å². The molecule has 1 aliphatic heterocycles. The summed E-state index contributed by atoms with van der Waals surface area (Å²) < 4.78 is 5.46. The van der Waals surface area contributed by atoms with Gasteiger partial charge in [0.2, 0.25) is 11.7 Å². The van der Waals surface area contributed by atoms with Crippen LogP contribution in [-0.2, 0) is 6.42 Å². The third kappa shape index (κ3) is 7.13. The fourth-order valence-corrected chi connectivity index (χ4v) is 4.35. The maximum absolute atomic E-state index is 5.46. The second-order valence-corrected chi connectivity index (χ2v) is 9.12. The van der Waals surface area contributed by atoms with Crippen LogP contribution in [0.1, 0.15) is 82.1 Å². The first-order chi connectivity index (χ1) is 16.3. The van der Waals surface area contributed by atoms with E-state index in [4.69, 9.17) is 4.52 Å². The molecule has 1 saturated heterocycles. The molecule has 1 unspecified atom stereocenters. The Hall–Kier alpha value is -2.73. The Bertz CT molecular complexity index is 945. The Morgan fingerprint density at radius 1 is 0.970 bits per heavy atom. The van der Waals surface area contributed by atoms with Crippen molar-refractivity contribution in [1.82, 2.24) is 20.4 Å². The van der Waals surface area contributed by atoms with Crippen molar-refractivity contribution in [3.8, 4) is 11.4 Å². The van der Waals surface area contributed by atoms with Crippen molar-refractivity contribution in [3.05, 3.63) is 54.0 Å². The number of pyridine rings is 1. The molecule has 1 aromatic carbocycles. The lowest BCUT2D eigenvalue weighted by Gasteiger charge is -2.07. The summed E-state index contributed by atoms with van der Waals surface area (Å²) in [6.07, 6.45) is 14.9. The minimum atomic E-state index is 0.318. The van der Waals surface area contributed by atoms with Crippen LogP contribution in [0.4, 0.5) is 11.5 Å². The molecule has 33 heavy (non-hydrogen) atoms. The number of rotatable bonds is 13. The molecule has 1 aliphatic rings. The second kappa shape index (κ2) is 12.5. The molecule has 0 radical (unpaired) electrons. The standard InChI is InChI=1S/C27H37N5O/c1-2-3-4-5-6-7-8-9-10-21-11-14-24(15-12-21)30-25-16-13-22(20-29-25)26-31-27(33-32-26)23-17-18-28-19-23/h11-16,20,23,28H,2-10,17-19H2,1H3,(H,29,30). The predicted octanol–water partition coefficient (Wildman–Crippen LogP) is 6.64. The van der Waals surface area contributed by atoms with E-state index in [-0.39, 0.29) is 0 Å². The molecule has 2 aromatic heterocycles. The molecular weight excluding hydrogens is 410 g/mol. The smallest absolute Gasteiger partial charge is 0.231 e. The molecule has 6 heteroatoms. The summed E-state index contributed by atoms with van der Waals surface area (Å²) in [6, 6.07) is 12.6. The molecule has 176 valence electrons. The van der Waals surface area contributed by atoms with Crippen LogP contribution in [0.2, 0.25) is 0 Å². The summed E-state index contributed by atoms with van der Waals surface area (Å²) in [5, 5.41) is 10.8. The molecular formula is C27H37N5O. The first-order valence-corrected chi connectivity index (χ1v) is 12.7. The predicted molar refractivity (Wildman–Crippen MR) is 134 cm³/mol. The topological polar surface area (TPSA) is 75.9 Å². The van der Waals surface area contributed by atoms with E-state index in [1.165, 1.54) is 56.9 Å². The van der Waals surface area contributed by atoms with E-state index in [9.17, 15) is 0 Å². The first kappa shape index (κ1) is 23.4. The Morgan fingerprint density at radius 2 is 1.76 bits per heavy atom. The number of hydrogen-bond donors (Lipinski definition) is 2. The van der Waals surface area contributed by atoms with Crippen molar-refractivity contribution in [2.24, 2.45) is 0 Å². The van der Waals surface area contributed by atoms with Crippen LogP contribution >= 0.6 is 0 Å². The zero-order valence-corrected chi connectivity index (χ0v) is 19.9. The van der Waals surface area contributed by atoms with Gasteiger partial charge in [0, 0.05) is 24.0 Å². The van der Waals surface area contributed by atoms with Crippen molar-refractivity contribution in [1.29, 1.82) is 0 Å². The fraction of sp³-hybridized carbons (Fsp3) is 0.519. The maximum Gasteiger partial charge on any atom is 0.231 e. The first-order valence-electron chi connectivity index (χ1n) is 12.7. The number of benzene rings is 1. The Morgan fingerprint density at radius 3 is 2.45 bits per heavy atom. The highest BCUT2D eigenvalue weighted by molar-refractivity contribution is 5.60. The number of unbranched alkanes of at least 4 members (excludes halogenated alkanes) is 7. The summed E-state index contributed by atoms with van der Waals surface area (Å²) in [5.41, 5.74) is 3.31. The monoisotopic (exact) mass is 447 g/mol. The van der Waals surface area contributed by atoms with Gasteiger partial charge < -0.3 is 15.2 Å². The van der Waals surface area contributed by atoms with Crippen molar-refractivity contribution >= 4 is 11.5 Å². The van der Waals surface area contributed by atoms with Gasteiger partial charge in [0.25, 0.3) is 0 Å². The van der Waals surface area contributed by atoms with Crippen LogP contribution in [0, 0.1) is 0 Å². The van der Waals surface area contributed by atoms with Crippen molar-refractivity contribution < 1.29 is 4.52 Å². The number of aromatic nitrogens is 3. The van der Waals surface area contributed by atoms with Crippen LogP contribution < -0.4 is 10.6 Å². The summed E-state index contributed by atoms with van der Waals surface area (Å²) in [7, 11) is 0. The largest absolute Gasteiger partial charge is 0.340 e. The molecule has 0 aliphatic carbocycles. The van der Waals surface area contributed by atoms with Crippen LogP contribution in [-0.4, -0.2) is 28.2 Å². The zero-order chi connectivity index (χ0) is 22.7. The molecule has 0 spiro atoms. The molecule has 6 nitrogen and oxygen atoms in total. The van der Waals surface area contributed by atoms with E-state index < -0.39 is 0 Å². The summed E-state index contributed by atoms with van der Waals surface area (Å²) >= 11 is 0. The number of nitrogens with one attached hydrogen (secondary N) is 2. The molecule has 1 atom stereocenters. The van der Waals surface area contributed by atoms with E-state index in [2.05, 4.69) is 56.9 Å². The Balaban J connectivity index is 1.21. The van der Waals surface area contributed by atoms with E-state index in [0.717, 1.165) is 43.0 Å². The summed E-state index contributed by atoms with van der Waals surface area (Å²) in [4.78, 5) is 9.09. The SMILES string of the molecule is CCCCCCCCCCc1ccc(Nc2ccc(-c3noc(C4CCNC4)n3)cn2)cc1. The van der Waals surface area contributed by atoms with Gasteiger partial charge in [-0.25, -0.2) is 4.98 Å². The van der Waals surface area contributed by atoms with E-state index in [1.54, 1.807) is 6.20 Å². The quantitative estimate of drug-likeness (QED) is 0.286. The average molecular weight is 448 g/mol. The number of hydrogen-bond acceptors (Lipinski definition) is 6. The molecule has 0 saturated carbocycles. The summed E-state index contributed by atoms with van der Waals surface area (Å²) in [5.74, 6) is 2.43. The van der Waals surface area contributed by atoms with Gasteiger partial charge in [-0.3, -0.25) is 0 Å². The fourth-order valence-electron chi connectivity index (χ4n) is 4.35. The number of aryl methyl sites for hydroxylation is 1. The van der Waals surface area contributed by atoms with Crippen LogP contribution in [0.15, 0.2) is 47.1 Å². The normalized spacial score (nSPS) is 15.7. The third-order valence-corrected chi connectivity index (χ3v) is 6.42. The molecule has 4 rings (SSSR count). The van der Waals surface area contributed by atoms with E-state index in [1.807, 2.05) is 12.1 Å². The zero-order valence-electron chi connectivity index (χ0n) is 19.9. The van der Waals surface area contributed by atoms with Gasteiger partial charge in [-0.15, -0.1) is 0 Å². The Kier molecular flexibility index (Phi) is 8.87. The minimum Gasteiger partial charge on any atom is -0.340 e. The lowest BCUT2D eigenvalue weighted by Crippen LogP contribution is -2.08. The van der Waals surface area contributed by atoms with Gasteiger partial charge in [0.05, 0.1) is 5.92 Å². The van der Waals surface area contributed by atoms with Gasteiger partial charge in [-0.05, 0) is 55.6 Å². The highest BCUT2D eigenvalue weighted by Crippen LogP contribution is 2.24. The molecule has 0 bridgehead atoms. The number of anilines is 2. The maximum atomic E-state index is 5.46. The van der Waals surface area contributed by atoms with Crippen LogP contribution in [0.3, 0.4) is 0 Å². The van der Waals surface area contributed by atoms with Gasteiger partial charge in [0.1, 0.15) is 5.82 Å². The molecule has 2 N–H and O–H groups in total. The second-order valence-electron chi connectivity index (χ2n) is 9.12. The molecule has 0 amide bonds. The van der Waals surface area contributed by atoms with Gasteiger partial charge >= 0.3 is 0 Å². The summed E-state index contributed by atoms with van der Waals surface area (Å²) in [6.45, 7) is 4.18. The van der Waals surface area contributed by atoms with E-state index in [0.29, 0.717) is 17.6 Å². The molecule has 3 aromatic rings. The third-order valence-electron chi connectivity index (χ3n) is 6.42. The highest BCUT2D eigenvalue weighted by Gasteiger charge is 2.23. The molecule has 1 fully saturated rings. The van der Waals surface area contributed by atoms with Crippen molar-refractivity contribution in [3.63, 3.8) is 0 Å².